The van der Waals surface area contributed by atoms with Gasteiger partial charge in [0.15, 0.2) is 0 Å². The highest BCUT2D eigenvalue weighted by Gasteiger charge is 2.31. The van der Waals surface area contributed by atoms with Crippen molar-refractivity contribution >= 4 is 0 Å². The third-order valence-corrected chi connectivity index (χ3v) is 4.57. The zero-order valence-electron chi connectivity index (χ0n) is 11.9. The van der Waals surface area contributed by atoms with Crippen LogP contribution in [0.15, 0.2) is 12.2 Å². The van der Waals surface area contributed by atoms with Crippen molar-refractivity contribution in [2.24, 2.45) is 11.8 Å². The molecule has 0 aliphatic heterocycles. The van der Waals surface area contributed by atoms with Crippen LogP contribution < -0.4 is 5.32 Å². The Morgan fingerprint density at radius 2 is 1.94 bits per heavy atom. The maximum atomic E-state index is 5.53. The van der Waals surface area contributed by atoms with E-state index in [1.54, 1.807) is 0 Å². The highest BCUT2D eigenvalue weighted by atomic mass is 16.5. The lowest BCUT2D eigenvalue weighted by atomic mass is 9.69. The van der Waals surface area contributed by atoms with Crippen LogP contribution in [0.3, 0.4) is 0 Å². The standard InChI is InChI=1S/C16H29NO/c1-13(2)12-18-10-9-17-16-8-7-14-5-3-4-6-15(14)11-16/h14-17H,1,3-12H2,2H3. The predicted octanol–water partition coefficient (Wildman–Crippen LogP) is 3.53. The van der Waals surface area contributed by atoms with Crippen molar-refractivity contribution in [1.82, 2.24) is 5.32 Å². The first-order chi connectivity index (χ1) is 8.75. The highest BCUT2D eigenvalue weighted by molar-refractivity contribution is 4.88. The first kappa shape index (κ1) is 14.1. The molecular weight excluding hydrogens is 222 g/mol. The van der Waals surface area contributed by atoms with Crippen LogP contribution in [0.4, 0.5) is 0 Å². The third-order valence-electron chi connectivity index (χ3n) is 4.57. The van der Waals surface area contributed by atoms with Gasteiger partial charge in [-0.3, -0.25) is 0 Å². The molecule has 2 saturated carbocycles. The van der Waals surface area contributed by atoms with E-state index in [1.165, 1.54) is 44.9 Å². The third kappa shape index (κ3) is 4.40. The van der Waals surface area contributed by atoms with Crippen molar-refractivity contribution < 1.29 is 4.74 Å². The quantitative estimate of drug-likeness (QED) is 0.576. The molecule has 0 aromatic carbocycles. The van der Waals surface area contributed by atoms with Gasteiger partial charge in [-0.15, -0.1) is 0 Å². The molecule has 0 saturated heterocycles. The fourth-order valence-corrected chi connectivity index (χ4v) is 3.64. The van der Waals surface area contributed by atoms with Crippen molar-refractivity contribution in [2.45, 2.75) is 57.9 Å². The summed E-state index contributed by atoms with van der Waals surface area (Å²) in [5.74, 6) is 2.07. The summed E-state index contributed by atoms with van der Waals surface area (Å²) in [4.78, 5) is 0. The average molecular weight is 251 g/mol. The van der Waals surface area contributed by atoms with E-state index in [-0.39, 0.29) is 0 Å². The molecule has 2 rings (SSSR count). The molecule has 0 heterocycles. The van der Waals surface area contributed by atoms with E-state index in [0.717, 1.165) is 36.6 Å². The van der Waals surface area contributed by atoms with E-state index in [9.17, 15) is 0 Å². The summed E-state index contributed by atoms with van der Waals surface area (Å²) >= 11 is 0. The Hall–Kier alpha value is -0.340. The Balaban J connectivity index is 1.58. The number of ether oxygens (including phenoxy) is 1. The summed E-state index contributed by atoms with van der Waals surface area (Å²) in [6.07, 6.45) is 10.2. The van der Waals surface area contributed by atoms with Gasteiger partial charge in [-0.25, -0.2) is 0 Å². The van der Waals surface area contributed by atoms with Gasteiger partial charge in [0.05, 0.1) is 13.2 Å². The molecule has 104 valence electrons. The van der Waals surface area contributed by atoms with Crippen LogP contribution in [0.2, 0.25) is 0 Å². The lowest BCUT2D eigenvalue weighted by Crippen LogP contribution is -2.40. The normalized spacial score (nSPS) is 31.9. The van der Waals surface area contributed by atoms with Crippen molar-refractivity contribution in [1.29, 1.82) is 0 Å². The van der Waals surface area contributed by atoms with E-state index >= 15 is 0 Å². The predicted molar refractivity (Wildman–Crippen MR) is 76.7 cm³/mol. The smallest absolute Gasteiger partial charge is 0.0672 e. The van der Waals surface area contributed by atoms with Gasteiger partial charge < -0.3 is 10.1 Å². The van der Waals surface area contributed by atoms with E-state index in [2.05, 4.69) is 11.9 Å². The van der Waals surface area contributed by atoms with Crippen LogP contribution in [0.1, 0.15) is 51.9 Å². The maximum Gasteiger partial charge on any atom is 0.0672 e. The maximum absolute atomic E-state index is 5.53. The summed E-state index contributed by atoms with van der Waals surface area (Å²) in [5.41, 5.74) is 1.11. The number of hydrogen-bond donors (Lipinski definition) is 1. The molecule has 3 atom stereocenters. The van der Waals surface area contributed by atoms with E-state index in [0.29, 0.717) is 6.61 Å². The van der Waals surface area contributed by atoms with Gasteiger partial charge in [0.1, 0.15) is 0 Å². The largest absolute Gasteiger partial charge is 0.376 e. The molecule has 2 nitrogen and oxygen atoms in total. The van der Waals surface area contributed by atoms with Crippen LogP contribution in [-0.4, -0.2) is 25.8 Å². The minimum Gasteiger partial charge on any atom is -0.376 e. The van der Waals surface area contributed by atoms with Gasteiger partial charge in [-0.2, -0.15) is 0 Å². The molecule has 0 amide bonds. The molecule has 2 aliphatic carbocycles. The molecule has 2 fully saturated rings. The van der Waals surface area contributed by atoms with Gasteiger partial charge in [0.25, 0.3) is 0 Å². The SMILES string of the molecule is C=C(C)COCCNC1CCC2CCCCC2C1. The fourth-order valence-electron chi connectivity index (χ4n) is 3.64. The Morgan fingerprint density at radius 3 is 2.72 bits per heavy atom. The summed E-state index contributed by atoms with van der Waals surface area (Å²) in [6, 6.07) is 0.748. The van der Waals surface area contributed by atoms with Gasteiger partial charge in [-0.05, 0) is 38.0 Å². The Bertz CT molecular complexity index is 264. The second-order valence-electron chi connectivity index (χ2n) is 6.28. The molecule has 3 unspecified atom stereocenters. The topological polar surface area (TPSA) is 21.3 Å². The first-order valence-electron chi connectivity index (χ1n) is 7.71. The minimum absolute atomic E-state index is 0.705. The summed E-state index contributed by atoms with van der Waals surface area (Å²) < 4.78 is 5.53. The van der Waals surface area contributed by atoms with Crippen LogP contribution in [-0.2, 0) is 4.74 Å². The Labute approximate surface area is 112 Å². The van der Waals surface area contributed by atoms with Crippen LogP contribution in [0.5, 0.6) is 0 Å². The molecule has 0 bridgehead atoms. The van der Waals surface area contributed by atoms with Crippen molar-refractivity contribution in [3.63, 3.8) is 0 Å². The van der Waals surface area contributed by atoms with E-state index < -0.39 is 0 Å². The zero-order valence-corrected chi connectivity index (χ0v) is 11.9. The average Bonchev–Trinajstić information content (AvgIpc) is 2.38. The Kier molecular flexibility index (Phi) is 5.71. The number of hydrogen-bond acceptors (Lipinski definition) is 2. The summed E-state index contributed by atoms with van der Waals surface area (Å²) in [5, 5.41) is 3.67. The molecule has 0 aromatic rings. The zero-order chi connectivity index (χ0) is 12.8. The van der Waals surface area contributed by atoms with Crippen molar-refractivity contribution in [3.8, 4) is 0 Å². The van der Waals surface area contributed by atoms with Gasteiger partial charge >= 0.3 is 0 Å². The molecule has 18 heavy (non-hydrogen) atoms. The summed E-state index contributed by atoms with van der Waals surface area (Å²) in [6.45, 7) is 8.37. The summed E-state index contributed by atoms with van der Waals surface area (Å²) in [7, 11) is 0. The van der Waals surface area contributed by atoms with Crippen molar-refractivity contribution in [2.75, 3.05) is 19.8 Å². The molecule has 0 spiro atoms. The first-order valence-corrected chi connectivity index (χ1v) is 7.71. The van der Waals surface area contributed by atoms with Crippen molar-refractivity contribution in [3.05, 3.63) is 12.2 Å². The highest BCUT2D eigenvalue weighted by Crippen LogP contribution is 2.40. The van der Waals surface area contributed by atoms with Crippen LogP contribution in [0, 0.1) is 11.8 Å². The Morgan fingerprint density at radius 1 is 1.17 bits per heavy atom. The monoisotopic (exact) mass is 251 g/mol. The molecule has 1 N–H and O–H groups in total. The lowest BCUT2D eigenvalue weighted by molar-refractivity contribution is 0.126. The van der Waals surface area contributed by atoms with Gasteiger partial charge in [0, 0.05) is 12.6 Å². The fraction of sp³-hybridized carbons (Fsp3) is 0.875. The van der Waals surface area contributed by atoms with Crippen LogP contribution >= 0.6 is 0 Å². The number of fused-ring (bicyclic) bond motifs is 1. The van der Waals surface area contributed by atoms with E-state index in [1.807, 2.05) is 6.92 Å². The lowest BCUT2D eigenvalue weighted by Gasteiger charge is -2.39. The molecule has 0 aromatic heterocycles. The number of nitrogens with one attached hydrogen (secondary N) is 1. The van der Waals surface area contributed by atoms with Gasteiger partial charge in [-0.1, -0.05) is 37.8 Å². The second-order valence-corrected chi connectivity index (χ2v) is 6.28. The molecule has 2 heteroatoms. The molecular formula is C16H29NO. The second kappa shape index (κ2) is 7.30. The van der Waals surface area contributed by atoms with Crippen LogP contribution in [0.25, 0.3) is 0 Å². The van der Waals surface area contributed by atoms with Gasteiger partial charge in [0.2, 0.25) is 0 Å². The number of rotatable bonds is 6. The van der Waals surface area contributed by atoms with E-state index in [4.69, 9.17) is 4.74 Å². The minimum atomic E-state index is 0.705. The molecule has 0 radical (unpaired) electrons. The molecule has 2 aliphatic rings.